The van der Waals surface area contributed by atoms with Gasteiger partial charge in [-0.3, -0.25) is 0 Å². The molecule has 1 saturated heterocycles. The summed E-state index contributed by atoms with van der Waals surface area (Å²) < 4.78 is 26.6. The van der Waals surface area contributed by atoms with Crippen LogP contribution in [0.1, 0.15) is 30.2 Å². The fourth-order valence-electron chi connectivity index (χ4n) is 2.76. The van der Waals surface area contributed by atoms with Gasteiger partial charge in [-0.2, -0.15) is 0 Å². The van der Waals surface area contributed by atoms with Gasteiger partial charge in [0.1, 0.15) is 0 Å². The van der Waals surface area contributed by atoms with E-state index in [1.807, 2.05) is 23.6 Å². The summed E-state index contributed by atoms with van der Waals surface area (Å²) in [4.78, 5) is 0. The Balaban J connectivity index is 2.04. The molecular weight excluding hydrogens is 380 g/mol. The SMILES string of the molecule is O=S1(=O)CCCCC1C(Cl)c1csc2c(Br)cccc12. The van der Waals surface area contributed by atoms with Gasteiger partial charge < -0.3 is 0 Å². The van der Waals surface area contributed by atoms with Crippen LogP contribution in [0.2, 0.25) is 0 Å². The first-order valence-corrected chi connectivity index (χ1v) is 10.3. The zero-order valence-corrected chi connectivity index (χ0v) is 14.7. The summed E-state index contributed by atoms with van der Waals surface area (Å²) in [6.07, 6.45) is 2.37. The Morgan fingerprint density at radius 2 is 2.15 bits per heavy atom. The van der Waals surface area contributed by atoms with Crippen LogP contribution >= 0.6 is 38.9 Å². The van der Waals surface area contributed by atoms with Crippen molar-refractivity contribution in [3.8, 4) is 0 Å². The van der Waals surface area contributed by atoms with Crippen LogP contribution in [-0.4, -0.2) is 19.4 Å². The lowest BCUT2D eigenvalue weighted by Gasteiger charge is -2.26. The fraction of sp³-hybridized carbons (Fsp3) is 0.429. The van der Waals surface area contributed by atoms with Gasteiger partial charge in [0.2, 0.25) is 0 Å². The number of rotatable bonds is 2. The van der Waals surface area contributed by atoms with Crippen molar-refractivity contribution in [2.45, 2.75) is 29.9 Å². The minimum atomic E-state index is -3.07. The van der Waals surface area contributed by atoms with Crippen LogP contribution in [0.15, 0.2) is 28.1 Å². The highest BCUT2D eigenvalue weighted by Crippen LogP contribution is 2.42. The molecule has 1 aromatic heterocycles. The van der Waals surface area contributed by atoms with Crippen molar-refractivity contribution in [1.82, 2.24) is 0 Å². The first-order chi connectivity index (χ1) is 9.50. The van der Waals surface area contributed by atoms with Gasteiger partial charge in [-0.1, -0.05) is 18.6 Å². The van der Waals surface area contributed by atoms with E-state index in [0.717, 1.165) is 33.0 Å². The summed E-state index contributed by atoms with van der Waals surface area (Å²) in [5, 5.41) is 2.15. The van der Waals surface area contributed by atoms with Crippen LogP contribution in [0, 0.1) is 0 Å². The molecule has 6 heteroatoms. The lowest BCUT2D eigenvalue weighted by molar-refractivity contribution is 0.534. The summed E-state index contributed by atoms with van der Waals surface area (Å²) in [6.45, 7) is 0. The summed E-state index contributed by atoms with van der Waals surface area (Å²) in [6, 6.07) is 5.96. The van der Waals surface area contributed by atoms with Gasteiger partial charge >= 0.3 is 0 Å². The largest absolute Gasteiger partial charge is 0.228 e. The molecule has 0 spiro atoms. The van der Waals surface area contributed by atoms with E-state index in [2.05, 4.69) is 15.9 Å². The second kappa shape index (κ2) is 5.59. The predicted molar refractivity (Wildman–Crippen MR) is 89.5 cm³/mol. The lowest BCUT2D eigenvalue weighted by atomic mass is 10.0. The number of sulfone groups is 1. The number of benzene rings is 1. The van der Waals surface area contributed by atoms with Crippen LogP contribution in [0.3, 0.4) is 0 Å². The van der Waals surface area contributed by atoms with Gasteiger partial charge in [0.05, 0.1) is 16.4 Å². The molecule has 2 nitrogen and oxygen atoms in total. The van der Waals surface area contributed by atoms with Crippen molar-refractivity contribution in [2.24, 2.45) is 0 Å². The van der Waals surface area contributed by atoms with Crippen molar-refractivity contribution in [3.05, 3.63) is 33.6 Å². The maximum atomic E-state index is 12.2. The van der Waals surface area contributed by atoms with Gasteiger partial charge in [0, 0.05) is 9.17 Å². The maximum absolute atomic E-state index is 12.2. The molecule has 2 heterocycles. The summed E-state index contributed by atoms with van der Waals surface area (Å²) >= 11 is 11.7. The minimum Gasteiger partial charge on any atom is -0.228 e. The van der Waals surface area contributed by atoms with E-state index in [4.69, 9.17) is 11.6 Å². The standard InChI is InChI=1S/C14H14BrClO2S2/c15-11-5-3-4-9-10(8-19-14(9)11)13(16)12-6-1-2-7-20(12,17)18/h3-5,8,12-13H,1-2,6-7H2. The van der Waals surface area contributed by atoms with E-state index in [0.29, 0.717) is 6.42 Å². The molecule has 0 bridgehead atoms. The molecule has 0 amide bonds. The number of hydrogen-bond donors (Lipinski definition) is 0. The molecule has 3 rings (SSSR count). The van der Waals surface area contributed by atoms with E-state index in [1.165, 1.54) is 0 Å². The van der Waals surface area contributed by atoms with Crippen molar-refractivity contribution < 1.29 is 8.42 Å². The zero-order valence-electron chi connectivity index (χ0n) is 10.7. The Morgan fingerprint density at radius 1 is 1.35 bits per heavy atom. The van der Waals surface area contributed by atoms with Crippen LogP contribution in [0.25, 0.3) is 10.1 Å². The monoisotopic (exact) mass is 392 g/mol. The smallest absolute Gasteiger partial charge is 0.154 e. The van der Waals surface area contributed by atoms with Crippen molar-refractivity contribution in [3.63, 3.8) is 0 Å². The van der Waals surface area contributed by atoms with Gasteiger partial charge in [-0.15, -0.1) is 22.9 Å². The van der Waals surface area contributed by atoms with Gasteiger partial charge in [-0.25, -0.2) is 8.42 Å². The molecule has 0 radical (unpaired) electrons. The van der Waals surface area contributed by atoms with Crippen LogP contribution < -0.4 is 0 Å². The lowest BCUT2D eigenvalue weighted by Crippen LogP contribution is -2.31. The number of fused-ring (bicyclic) bond motifs is 1. The van der Waals surface area contributed by atoms with Crippen LogP contribution in [0.5, 0.6) is 0 Å². The number of alkyl halides is 1. The van der Waals surface area contributed by atoms with E-state index in [1.54, 1.807) is 11.3 Å². The molecule has 108 valence electrons. The van der Waals surface area contributed by atoms with Crippen molar-refractivity contribution >= 4 is 58.8 Å². The highest BCUT2D eigenvalue weighted by Gasteiger charge is 2.36. The minimum absolute atomic E-state index is 0.270. The van der Waals surface area contributed by atoms with E-state index in [9.17, 15) is 8.42 Å². The second-order valence-electron chi connectivity index (χ2n) is 5.11. The Hall–Kier alpha value is -0.100. The molecule has 20 heavy (non-hydrogen) atoms. The molecule has 2 aromatic rings. The van der Waals surface area contributed by atoms with Gasteiger partial charge in [-0.05, 0) is 51.2 Å². The Morgan fingerprint density at radius 3 is 2.90 bits per heavy atom. The molecule has 2 unspecified atom stereocenters. The highest BCUT2D eigenvalue weighted by molar-refractivity contribution is 9.10. The van der Waals surface area contributed by atoms with Crippen molar-refractivity contribution in [2.75, 3.05) is 5.75 Å². The molecule has 0 N–H and O–H groups in total. The van der Waals surface area contributed by atoms with Gasteiger partial charge in [0.25, 0.3) is 0 Å². The third kappa shape index (κ3) is 2.54. The topological polar surface area (TPSA) is 34.1 Å². The molecule has 1 fully saturated rings. The third-order valence-electron chi connectivity index (χ3n) is 3.83. The number of halogens is 2. The normalized spacial score (nSPS) is 23.8. The third-order valence-corrected chi connectivity index (χ3v) is 8.78. The maximum Gasteiger partial charge on any atom is 0.154 e. The second-order valence-corrected chi connectivity index (χ2v) is 9.65. The summed E-state index contributed by atoms with van der Waals surface area (Å²) in [5.41, 5.74) is 0.948. The average Bonchev–Trinajstić information content (AvgIpc) is 2.83. The Labute approximate surface area is 136 Å². The summed E-state index contributed by atoms with van der Waals surface area (Å²) in [7, 11) is -3.07. The molecule has 0 saturated carbocycles. The van der Waals surface area contributed by atoms with E-state index < -0.39 is 20.5 Å². The molecule has 1 aliphatic heterocycles. The number of hydrogen-bond acceptors (Lipinski definition) is 3. The van der Waals surface area contributed by atoms with Crippen LogP contribution in [-0.2, 0) is 9.84 Å². The zero-order chi connectivity index (χ0) is 14.3. The Bertz CT molecular complexity index is 739. The number of thiophene rings is 1. The molecule has 1 aromatic carbocycles. The van der Waals surface area contributed by atoms with Crippen LogP contribution in [0.4, 0.5) is 0 Å². The molecular formula is C14H14BrClO2S2. The van der Waals surface area contributed by atoms with E-state index in [-0.39, 0.29) is 5.75 Å². The quantitative estimate of drug-likeness (QED) is 0.679. The van der Waals surface area contributed by atoms with Crippen molar-refractivity contribution in [1.29, 1.82) is 0 Å². The molecule has 1 aliphatic rings. The Kier molecular flexibility index (Phi) is 4.15. The first kappa shape index (κ1) is 14.8. The van der Waals surface area contributed by atoms with E-state index >= 15 is 0 Å². The summed E-state index contributed by atoms with van der Waals surface area (Å²) in [5.74, 6) is 0.270. The average molecular weight is 394 g/mol. The fourth-order valence-corrected chi connectivity index (χ4v) is 7.22. The molecule has 2 atom stereocenters. The van der Waals surface area contributed by atoms with Gasteiger partial charge in [0.15, 0.2) is 9.84 Å². The molecule has 0 aliphatic carbocycles. The first-order valence-electron chi connectivity index (χ1n) is 6.52. The highest BCUT2D eigenvalue weighted by atomic mass is 79.9. The predicted octanol–water partition coefficient (Wildman–Crippen LogP) is 4.91.